The van der Waals surface area contributed by atoms with Crippen LogP contribution >= 0.6 is 0 Å². The second-order valence-corrected chi connectivity index (χ2v) is 17.0. The van der Waals surface area contributed by atoms with Crippen molar-refractivity contribution < 1.29 is 48.2 Å². The number of aliphatic hydroxyl groups is 2. The van der Waals surface area contributed by atoms with Crippen molar-refractivity contribution >= 4 is 5.97 Å². The molecule has 0 spiro atoms. The molecule has 11 heteroatoms. The number of methoxy groups -OCH3 is 1. The van der Waals surface area contributed by atoms with E-state index >= 15 is 0 Å². The molecule has 11 nitrogen and oxygen atoms in total. The Morgan fingerprint density at radius 3 is 2.14 bits per heavy atom. The van der Waals surface area contributed by atoms with Crippen molar-refractivity contribution in [2.45, 2.75) is 175 Å². The summed E-state index contributed by atoms with van der Waals surface area (Å²) in [5.41, 5.74) is -1.24. The van der Waals surface area contributed by atoms with E-state index in [1.807, 2.05) is 88.2 Å². The number of carbonyl (C=O) groups is 1. The SMILES string of the molecule is CO[C@]1(C)CC(OC2[C@H](C)C(OC3O[C@H](C)CC(N(C)C)C3O)[C@@]3(C)CC(C)=C(O3)[C@H](C)C(O)C(C)(C)C(C)OC(=O)[C@@H]2C)O[C@@H](C)C1C. The zero-order valence-corrected chi connectivity index (χ0v) is 32.8. The highest BCUT2D eigenvalue weighted by molar-refractivity contribution is 5.73. The second kappa shape index (κ2) is 15.0. The van der Waals surface area contributed by atoms with Crippen LogP contribution in [-0.2, 0) is 38.0 Å². The van der Waals surface area contributed by atoms with E-state index < -0.39 is 77.5 Å². The lowest BCUT2D eigenvalue weighted by molar-refractivity contribution is -0.312. The zero-order valence-electron chi connectivity index (χ0n) is 32.8. The molecule has 4 aliphatic rings. The molecule has 0 aromatic rings. The molecule has 16 atom stereocenters. The minimum Gasteiger partial charge on any atom is -0.489 e. The maximum absolute atomic E-state index is 14.1. The number of esters is 1. The third-order valence-corrected chi connectivity index (χ3v) is 12.8. The standard InChI is InChI=1S/C38H67NO10/c1-19-17-38(12)33(48-35-29(40)27(39(13)14)16-20(2)44-35)22(4)31(47-28-18-37(11,43-15)24(6)25(7)45-28)23(5)34(42)46-26(8)36(9,10)32(41)21(3)30(19)49-38/h20-29,31-33,35,40-41H,16-18H2,1-15H3/t20-,21+,22+,23-,24?,25+,26?,27?,28?,29?,31?,32?,33?,35?,37-,38-/m1/s1. The van der Waals surface area contributed by atoms with E-state index in [0.717, 1.165) is 5.57 Å². The monoisotopic (exact) mass is 697 g/mol. The van der Waals surface area contributed by atoms with Crippen LogP contribution in [0.15, 0.2) is 11.3 Å². The van der Waals surface area contributed by atoms with Crippen molar-refractivity contribution in [3.8, 4) is 0 Å². The third kappa shape index (κ3) is 7.89. The van der Waals surface area contributed by atoms with Crippen molar-refractivity contribution in [1.29, 1.82) is 0 Å². The number of nitrogens with zero attached hydrogens (tertiary/aromatic N) is 1. The number of fused-ring (bicyclic) bond motifs is 2. The van der Waals surface area contributed by atoms with Gasteiger partial charge in [0.25, 0.3) is 0 Å². The highest BCUT2D eigenvalue weighted by Crippen LogP contribution is 2.48. The summed E-state index contributed by atoms with van der Waals surface area (Å²) in [5, 5.41) is 23.4. The van der Waals surface area contributed by atoms with E-state index in [4.69, 9.17) is 33.2 Å². The fourth-order valence-electron chi connectivity index (χ4n) is 8.66. The van der Waals surface area contributed by atoms with E-state index in [1.54, 1.807) is 7.11 Å². The quantitative estimate of drug-likeness (QED) is 0.362. The Bertz CT molecular complexity index is 1190. The molecule has 2 bridgehead atoms. The molecule has 0 radical (unpaired) electrons. The van der Waals surface area contributed by atoms with E-state index in [-0.39, 0.29) is 30.1 Å². The summed E-state index contributed by atoms with van der Waals surface area (Å²) in [4.78, 5) is 16.1. The van der Waals surface area contributed by atoms with Crippen LogP contribution in [0.3, 0.4) is 0 Å². The first-order valence-electron chi connectivity index (χ1n) is 18.4. The summed E-state index contributed by atoms with van der Waals surface area (Å²) in [7, 11) is 5.59. The number of hydrogen-bond acceptors (Lipinski definition) is 11. The number of aliphatic hydroxyl groups excluding tert-OH is 2. The fraction of sp³-hybridized carbons (Fsp3) is 0.921. The van der Waals surface area contributed by atoms with Crippen molar-refractivity contribution in [2.24, 2.45) is 29.1 Å². The smallest absolute Gasteiger partial charge is 0.311 e. The van der Waals surface area contributed by atoms with Gasteiger partial charge in [-0.25, -0.2) is 0 Å². The Morgan fingerprint density at radius 2 is 1.55 bits per heavy atom. The Balaban J connectivity index is 1.82. The van der Waals surface area contributed by atoms with Gasteiger partial charge in [-0.15, -0.1) is 0 Å². The molecule has 2 N–H and O–H groups in total. The summed E-state index contributed by atoms with van der Waals surface area (Å²) >= 11 is 0. The number of rotatable bonds is 6. The molecule has 3 fully saturated rings. The lowest BCUT2D eigenvalue weighted by atomic mass is 9.75. The number of carbonyl (C=O) groups excluding carboxylic acids is 1. The lowest BCUT2D eigenvalue weighted by Crippen LogP contribution is -2.59. The van der Waals surface area contributed by atoms with Gasteiger partial charge in [0.2, 0.25) is 0 Å². The van der Waals surface area contributed by atoms with Crippen molar-refractivity contribution in [1.82, 2.24) is 4.90 Å². The third-order valence-electron chi connectivity index (χ3n) is 12.8. The normalized spacial score (nSPS) is 48.3. The molecule has 284 valence electrons. The molecule has 0 aliphatic carbocycles. The van der Waals surface area contributed by atoms with Crippen LogP contribution in [0.25, 0.3) is 0 Å². The molecule has 4 rings (SSSR count). The predicted octanol–water partition coefficient (Wildman–Crippen LogP) is 5.05. The number of cyclic esters (lactones) is 1. The van der Waals surface area contributed by atoms with E-state index in [2.05, 4.69) is 13.8 Å². The average Bonchev–Trinajstić information content (AvgIpc) is 3.34. The molecule has 0 aromatic carbocycles. The van der Waals surface area contributed by atoms with Crippen LogP contribution in [0.2, 0.25) is 0 Å². The number of likely N-dealkylation sites (N-methyl/N-ethyl adjacent to an activating group) is 1. The molecule has 0 saturated carbocycles. The zero-order chi connectivity index (χ0) is 37.0. The molecule has 4 aliphatic heterocycles. The summed E-state index contributed by atoms with van der Waals surface area (Å²) in [6.07, 6.45) is -4.23. The first-order chi connectivity index (χ1) is 22.6. The highest BCUT2D eigenvalue weighted by Gasteiger charge is 2.55. The Hall–Kier alpha value is -1.31. The van der Waals surface area contributed by atoms with E-state index in [1.165, 1.54) is 0 Å². The molecule has 0 aromatic heterocycles. The van der Waals surface area contributed by atoms with Crippen LogP contribution in [0, 0.1) is 29.1 Å². The Labute approximate surface area is 295 Å². The van der Waals surface area contributed by atoms with E-state index in [0.29, 0.717) is 25.0 Å². The van der Waals surface area contributed by atoms with Gasteiger partial charge in [-0.2, -0.15) is 0 Å². The van der Waals surface area contributed by atoms with Gasteiger partial charge in [-0.3, -0.25) is 4.79 Å². The molecule has 0 amide bonds. The number of ether oxygens (including phenoxy) is 7. The molecular weight excluding hydrogens is 630 g/mol. The highest BCUT2D eigenvalue weighted by atomic mass is 16.7. The summed E-state index contributed by atoms with van der Waals surface area (Å²) in [6, 6.07) is -0.183. The van der Waals surface area contributed by atoms with Crippen LogP contribution < -0.4 is 0 Å². The van der Waals surface area contributed by atoms with Gasteiger partial charge in [0.15, 0.2) is 12.6 Å². The minimum atomic E-state index is -0.961. The predicted molar refractivity (Wildman–Crippen MR) is 185 cm³/mol. The molecule has 9 unspecified atom stereocenters. The van der Waals surface area contributed by atoms with Crippen molar-refractivity contribution in [2.75, 3.05) is 21.2 Å². The summed E-state index contributed by atoms with van der Waals surface area (Å²) in [5.74, 6) is -1.26. The van der Waals surface area contributed by atoms with Gasteiger partial charge in [-0.05, 0) is 74.6 Å². The fourth-order valence-corrected chi connectivity index (χ4v) is 8.66. The van der Waals surface area contributed by atoms with Crippen LogP contribution in [0.1, 0.15) is 102 Å². The molecule has 4 heterocycles. The second-order valence-electron chi connectivity index (χ2n) is 17.0. The van der Waals surface area contributed by atoms with Crippen molar-refractivity contribution in [3.63, 3.8) is 0 Å². The van der Waals surface area contributed by atoms with Crippen LogP contribution in [0.4, 0.5) is 0 Å². The van der Waals surface area contributed by atoms with Gasteiger partial charge < -0.3 is 48.3 Å². The minimum absolute atomic E-state index is 0.111. The summed E-state index contributed by atoms with van der Waals surface area (Å²) < 4.78 is 45.7. The average molecular weight is 698 g/mol. The first-order valence-corrected chi connectivity index (χ1v) is 18.4. The maximum Gasteiger partial charge on any atom is 0.311 e. The van der Waals surface area contributed by atoms with Crippen LogP contribution in [-0.4, -0.2) is 115 Å². The summed E-state index contributed by atoms with van der Waals surface area (Å²) in [6.45, 7) is 23.6. The Kier molecular flexibility index (Phi) is 12.4. The molecular formula is C38H67NO10. The van der Waals surface area contributed by atoms with Gasteiger partial charge in [0, 0.05) is 49.2 Å². The molecule has 3 saturated heterocycles. The Morgan fingerprint density at radius 1 is 0.918 bits per heavy atom. The van der Waals surface area contributed by atoms with Gasteiger partial charge >= 0.3 is 5.97 Å². The maximum atomic E-state index is 14.1. The molecule has 49 heavy (non-hydrogen) atoms. The first kappa shape index (κ1) is 40.5. The van der Waals surface area contributed by atoms with Gasteiger partial charge in [0.1, 0.15) is 29.7 Å². The van der Waals surface area contributed by atoms with Gasteiger partial charge in [0.05, 0.1) is 35.9 Å². The van der Waals surface area contributed by atoms with Crippen LogP contribution in [0.5, 0.6) is 0 Å². The topological polar surface area (TPSA) is 125 Å². The van der Waals surface area contributed by atoms with Crippen molar-refractivity contribution in [3.05, 3.63) is 11.3 Å². The largest absolute Gasteiger partial charge is 0.489 e. The number of hydrogen-bond donors (Lipinski definition) is 2. The van der Waals surface area contributed by atoms with Gasteiger partial charge in [-0.1, -0.05) is 34.6 Å². The van der Waals surface area contributed by atoms with E-state index in [9.17, 15) is 15.0 Å². The lowest BCUT2D eigenvalue weighted by Gasteiger charge is -2.49.